The molecule has 0 saturated heterocycles. The van der Waals surface area contributed by atoms with E-state index in [4.69, 9.17) is 15.5 Å². The normalized spacial score (nSPS) is 21.7. The first-order valence-electron chi connectivity index (χ1n) is 6.69. The fraction of sp³-hybridized carbons (Fsp3) is 0.786. The molecule has 0 radical (unpaired) electrons. The van der Waals surface area contributed by atoms with Crippen LogP contribution in [0.25, 0.3) is 0 Å². The summed E-state index contributed by atoms with van der Waals surface area (Å²) in [6.45, 7) is 7.30. The molecule has 18 heavy (non-hydrogen) atoms. The Morgan fingerprint density at radius 3 is 2.78 bits per heavy atom. The molecular formula is C14H24N2OS. The second kappa shape index (κ2) is 5.27. The molecule has 1 aliphatic carbocycles. The molecule has 4 heteroatoms. The van der Waals surface area contributed by atoms with Crippen LogP contribution in [0.3, 0.4) is 0 Å². The van der Waals surface area contributed by atoms with E-state index in [1.807, 2.05) is 11.3 Å². The molecule has 0 spiro atoms. The summed E-state index contributed by atoms with van der Waals surface area (Å²) in [7, 11) is 1.77. The Morgan fingerprint density at radius 1 is 1.50 bits per heavy atom. The van der Waals surface area contributed by atoms with E-state index in [-0.39, 0.29) is 11.5 Å². The second-order valence-corrected chi connectivity index (χ2v) is 7.28. The molecule has 0 saturated carbocycles. The van der Waals surface area contributed by atoms with Crippen molar-refractivity contribution in [2.45, 2.75) is 52.1 Å². The van der Waals surface area contributed by atoms with Gasteiger partial charge in [-0.25, -0.2) is 4.98 Å². The van der Waals surface area contributed by atoms with Crippen LogP contribution in [0.15, 0.2) is 0 Å². The summed E-state index contributed by atoms with van der Waals surface area (Å²) in [6.07, 6.45) is 3.65. The van der Waals surface area contributed by atoms with Gasteiger partial charge in [0.2, 0.25) is 0 Å². The lowest BCUT2D eigenvalue weighted by Crippen LogP contribution is -2.20. The number of hydrogen-bond donors (Lipinski definition) is 1. The number of nitrogens with zero attached hydrogens (tertiary/aromatic N) is 1. The summed E-state index contributed by atoms with van der Waals surface area (Å²) in [5.74, 6) is 0.455. The minimum Gasteiger partial charge on any atom is -0.374 e. The molecule has 1 aromatic heterocycles. The van der Waals surface area contributed by atoms with E-state index in [9.17, 15) is 0 Å². The van der Waals surface area contributed by atoms with Crippen LogP contribution in [-0.4, -0.2) is 18.6 Å². The SMILES string of the molecule is COC(c1nc2c(s1)CCCC2CN)C(C)(C)C. The third-order valence-corrected chi connectivity index (χ3v) is 4.79. The number of aromatic nitrogens is 1. The molecule has 1 aromatic rings. The van der Waals surface area contributed by atoms with E-state index in [0.717, 1.165) is 11.4 Å². The van der Waals surface area contributed by atoms with Crippen molar-refractivity contribution in [3.8, 4) is 0 Å². The standard InChI is InChI=1S/C14H24N2OS/c1-14(2,3)12(17-4)13-16-11-9(8-15)6-5-7-10(11)18-13/h9,12H,5-8,15H2,1-4H3. The summed E-state index contributed by atoms with van der Waals surface area (Å²) < 4.78 is 5.66. The number of rotatable bonds is 3. The van der Waals surface area contributed by atoms with Crippen LogP contribution in [0.1, 0.15) is 61.2 Å². The van der Waals surface area contributed by atoms with E-state index in [0.29, 0.717) is 12.5 Å². The maximum absolute atomic E-state index is 5.86. The minimum absolute atomic E-state index is 0.0755. The third kappa shape index (κ3) is 2.60. The minimum atomic E-state index is 0.0755. The van der Waals surface area contributed by atoms with Crippen LogP contribution in [0.4, 0.5) is 0 Å². The summed E-state index contributed by atoms with van der Waals surface area (Å²) >= 11 is 1.82. The van der Waals surface area contributed by atoms with Crippen LogP contribution >= 0.6 is 11.3 Å². The van der Waals surface area contributed by atoms with Crippen molar-refractivity contribution in [3.63, 3.8) is 0 Å². The quantitative estimate of drug-likeness (QED) is 0.915. The van der Waals surface area contributed by atoms with Crippen LogP contribution in [0.2, 0.25) is 0 Å². The molecule has 0 amide bonds. The van der Waals surface area contributed by atoms with Gasteiger partial charge in [-0.05, 0) is 24.7 Å². The van der Waals surface area contributed by atoms with Gasteiger partial charge in [0.25, 0.3) is 0 Å². The van der Waals surface area contributed by atoms with Gasteiger partial charge in [0.15, 0.2) is 0 Å². The molecule has 102 valence electrons. The molecule has 0 aromatic carbocycles. The Kier molecular flexibility index (Phi) is 4.09. The molecule has 1 heterocycles. The lowest BCUT2D eigenvalue weighted by molar-refractivity contribution is 0.0149. The Labute approximate surface area is 114 Å². The zero-order chi connectivity index (χ0) is 13.3. The van der Waals surface area contributed by atoms with Crippen LogP contribution < -0.4 is 5.73 Å². The smallest absolute Gasteiger partial charge is 0.123 e. The lowest BCUT2D eigenvalue weighted by Gasteiger charge is -2.27. The Morgan fingerprint density at radius 2 is 2.22 bits per heavy atom. The Bertz CT molecular complexity index is 408. The highest BCUT2D eigenvalue weighted by molar-refractivity contribution is 7.11. The number of nitrogens with two attached hydrogens (primary N) is 1. The maximum Gasteiger partial charge on any atom is 0.123 e. The molecule has 2 atom stereocenters. The zero-order valence-corrected chi connectivity index (χ0v) is 12.6. The van der Waals surface area contributed by atoms with E-state index < -0.39 is 0 Å². The van der Waals surface area contributed by atoms with E-state index in [1.54, 1.807) is 7.11 Å². The van der Waals surface area contributed by atoms with E-state index >= 15 is 0 Å². The van der Waals surface area contributed by atoms with Crippen molar-refractivity contribution in [2.75, 3.05) is 13.7 Å². The van der Waals surface area contributed by atoms with Crippen molar-refractivity contribution >= 4 is 11.3 Å². The number of hydrogen-bond acceptors (Lipinski definition) is 4. The maximum atomic E-state index is 5.86. The molecule has 2 unspecified atom stereocenters. The van der Waals surface area contributed by atoms with Crippen LogP contribution in [-0.2, 0) is 11.2 Å². The van der Waals surface area contributed by atoms with Gasteiger partial charge >= 0.3 is 0 Å². The molecule has 0 bridgehead atoms. The molecular weight excluding hydrogens is 244 g/mol. The Balaban J connectivity index is 2.33. The van der Waals surface area contributed by atoms with Crippen molar-refractivity contribution in [3.05, 3.63) is 15.6 Å². The van der Waals surface area contributed by atoms with Gasteiger partial charge in [0.05, 0.1) is 5.69 Å². The average molecular weight is 268 g/mol. The van der Waals surface area contributed by atoms with Gasteiger partial charge in [0, 0.05) is 24.4 Å². The first kappa shape index (κ1) is 14.0. The topological polar surface area (TPSA) is 48.1 Å². The van der Waals surface area contributed by atoms with E-state index in [1.165, 1.54) is 23.4 Å². The number of thiazole rings is 1. The molecule has 0 fully saturated rings. The van der Waals surface area contributed by atoms with E-state index in [2.05, 4.69) is 20.8 Å². The zero-order valence-electron chi connectivity index (χ0n) is 11.8. The molecule has 2 N–H and O–H groups in total. The van der Waals surface area contributed by atoms with Crippen molar-refractivity contribution in [1.82, 2.24) is 4.98 Å². The first-order chi connectivity index (χ1) is 8.47. The second-order valence-electron chi connectivity index (χ2n) is 6.17. The fourth-order valence-electron chi connectivity index (χ4n) is 2.69. The van der Waals surface area contributed by atoms with Gasteiger partial charge < -0.3 is 10.5 Å². The molecule has 1 aliphatic rings. The third-order valence-electron chi connectivity index (χ3n) is 3.62. The number of aryl methyl sites for hydroxylation is 1. The summed E-state index contributed by atoms with van der Waals surface area (Å²) in [5.41, 5.74) is 7.18. The Hall–Kier alpha value is -0.450. The summed E-state index contributed by atoms with van der Waals surface area (Å²) in [5, 5.41) is 1.12. The largest absolute Gasteiger partial charge is 0.374 e. The number of methoxy groups -OCH3 is 1. The monoisotopic (exact) mass is 268 g/mol. The van der Waals surface area contributed by atoms with Gasteiger partial charge in [0.1, 0.15) is 11.1 Å². The molecule has 0 aliphatic heterocycles. The highest BCUT2D eigenvalue weighted by Crippen LogP contribution is 2.41. The predicted molar refractivity (Wildman–Crippen MR) is 76.1 cm³/mol. The van der Waals surface area contributed by atoms with Crippen molar-refractivity contribution in [1.29, 1.82) is 0 Å². The van der Waals surface area contributed by atoms with Crippen LogP contribution in [0.5, 0.6) is 0 Å². The lowest BCUT2D eigenvalue weighted by atomic mass is 9.89. The number of ether oxygens (including phenoxy) is 1. The predicted octanol–water partition coefficient (Wildman–Crippen LogP) is 3.26. The van der Waals surface area contributed by atoms with Gasteiger partial charge in [-0.1, -0.05) is 20.8 Å². The molecule has 3 nitrogen and oxygen atoms in total. The van der Waals surface area contributed by atoms with Crippen LogP contribution in [0, 0.1) is 5.41 Å². The molecule has 2 rings (SSSR count). The first-order valence-corrected chi connectivity index (χ1v) is 7.51. The van der Waals surface area contributed by atoms with Gasteiger partial charge in [-0.3, -0.25) is 0 Å². The van der Waals surface area contributed by atoms with Gasteiger partial charge in [-0.2, -0.15) is 0 Å². The number of fused-ring (bicyclic) bond motifs is 1. The highest BCUT2D eigenvalue weighted by atomic mass is 32.1. The van der Waals surface area contributed by atoms with Crippen molar-refractivity contribution < 1.29 is 4.74 Å². The highest BCUT2D eigenvalue weighted by Gasteiger charge is 2.32. The summed E-state index contributed by atoms with van der Waals surface area (Å²) in [6, 6.07) is 0. The summed E-state index contributed by atoms with van der Waals surface area (Å²) in [4.78, 5) is 6.28. The fourth-order valence-corrected chi connectivity index (χ4v) is 4.21. The average Bonchev–Trinajstić information content (AvgIpc) is 2.70. The van der Waals surface area contributed by atoms with Gasteiger partial charge in [-0.15, -0.1) is 11.3 Å². The van der Waals surface area contributed by atoms with Crippen molar-refractivity contribution in [2.24, 2.45) is 11.1 Å².